The van der Waals surface area contributed by atoms with Crippen molar-refractivity contribution in [2.24, 2.45) is 11.8 Å². The zero-order valence-corrected chi connectivity index (χ0v) is 14.4. The molecule has 7 nitrogen and oxygen atoms in total. The first-order chi connectivity index (χ1) is 12.5. The number of methoxy groups -OCH3 is 1. The van der Waals surface area contributed by atoms with Gasteiger partial charge in [0.1, 0.15) is 0 Å². The molecule has 2 atom stereocenters. The molecule has 1 aliphatic carbocycles. The highest BCUT2D eigenvalue weighted by molar-refractivity contribution is 6.06. The minimum Gasteiger partial charge on any atom is -0.465 e. The second kappa shape index (κ2) is 7.51. The number of carbonyl (C=O) groups is 4. The van der Waals surface area contributed by atoms with Gasteiger partial charge < -0.3 is 10.1 Å². The normalized spacial score (nSPS) is 21.5. The van der Waals surface area contributed by atoms with E-state index in [9.17, 15) is 19.2 Å². The van der Waals surface area contributed by atoms with Crippen LogP contribution in [0.1, 0.15) is 29.6 Å². The summed E-state index contributed by atoms with van der Waals surface area (Å²) in [4.78, 5) is 49.9. The van der Waals surface area contributed by atoms with Gasteiger partial charge in [-0.05, 0) is 25.0 Å². The van der Waals surface area contributed by atoms with Crippen LogP contribution in [0.5, 0.6) is 0 Å². The van der Waals surface area contributed by atoms with E-state index in [4.69, 9.17) is 0 Å². The van der Waals surface area contributed by atoms with Gasteiger partial charge in [0.25, 0.3) is 0 Å². The lowest BCUT2D eigenvalue weighted by molar-refractivity contribution is -0.140. The number of rotatable bonds is 5. The number of amides is 3. The van der Waals surface area contributed by atoms with Gasteiger partial charge in [-0.15, -0.1) is 0 Å². The predicted octanol–water partition coefficient (Wildman–Crippen LogP) is 1.75. The van der Waals surface area contributed by atoms with E-state index in [0.717, 1.165) is 0 Å². The maximum atomic E-state index is 12.4. The standard InChI is InChI=1S/C19H20N2O5/c1-26-19(25)14-8-4-5-9-15(14)20-16(22)10-11-21-17(23)12-6-2-3-7-13(12)18(21)24/h2-5,8-9,12-13H,6-7,10-11H2,1H3,(H,20,22). The summed E-state index contributed by atoms with van der Waals surface area (Å²) in [5.41, 5.74) is 0.579. The zero-order chi connectivity index (χ0) is 18.7. The summed E-state index contributed by atoms with van der Waals surface area (Å²) in [7, 11) is 1.26. The molecule has 0 aromatic heterocycles. The van der Waals surface area contributed by atoms with Gasteiger partial charge in [0.05, 0.1) is 30.2 Å². The van der Waals surface area contributed by atoms with Crippen LogP contribution in [-0.2, 0) is 19.1 Å². The van der Waals surface area contributed by atoms with Crippen molar-refractivity contribution >= 4 is 29.4 Å². The van der Waals surface area contributed by atoms with Crippen molar-refractivity contribution in [3.8, 4) is 0 Å². The molecule has 136 valence electrons. The Morgan fingerprint density at radius 1 is 1.12 bits per heavy atom. The average Bonchev–Trinajstić information content (AvgIpc) is 2.91. The van der Waals surface area contributed by atoms with Crippen molar-refractivity contribution in [1.29, 1.82) is 0 Å². The Morgan fingerprint density at radius 2 is 1.73 bits per heavy atom. The van der Waals surface area contributed by atoms with Crippen molar-refractivity contribution in [2.45, 2.75) is 19.3 Å². The van der Waals surface area contributed by atoms with Crippen LogP contribution in [0.15, 0.2) is 36.4 Å². The molecule has 2 aliphatic rings. The number of nitrogens with one attached hydrogen (secondary N) is 1. The lowest BCUT2D eigenvalue weighted by atomic mass is 9.85. The number of hydrogen-bond donors (Lipinski definition) is 1. The van der Waals surface area contributed by atoms with Crippen LogP contribution in [0, 0.1) is 11.8 Å². The van der Waals surface area contributed by atoms with E-state index < -0.39 is 5.97 Å². The van der Waals surface area contributed by atoms with Gasteiger partial charge in [0, 0.05) is 13.0 Å². The molecule has 1 aromatic rings. The van der Waals surface area contributed by atoms with Gasteiger partial charge in [-0.3, -0.25) is 19.3 Å². The van der Waals surface area contributed by atoms with E-state index in [1.54, 1.807) is 24.3 Å². The largest absolute Gasteiger partial charge is 0.465 e. The molecule has 1 N–H and O–H groups in total. The Labute approximate surface area is 151 Å². The summed E-state index contributed by atoms with van der Waals surface area (Å²) in [6.45, 7) is 0.0386. The number of anilines is 1. The molecule has 26 heavy (non-hydrogen) atoms. The Morgan fingerprint density at radius 3 is 2.35 bits per heavy atom. The number of esters is 1. The first-order valence-electron chi connectivity index (χ1n) is 8.50. The predicted molar refractivity (Wildman–Crippen MR) is 93.1 cm³/mol. The molecular weight excluding hydrogens is 336 g/mol. The summed E-state index contributed by atoms with van der Waals surface area (Å²) in [6.07, 6.45) is 4.97. The van der Waals surface area contributed by atoms with Crippen molar-refractivity contribution < 1.29 is 23.9 Å². The van der Waals surface area contributed by atoms with Crippen LogP contribution in [0.3, 0.4) is 0 Å². The Hall–Kier alpha value is -2.96. The van der Waals surface area contributed by atoms with Crippen LogP contribution >= 0.6 is 0 Å². The van der Waals surface area contributed by atoms with Crippen molar-refractivity contribution in [3.63, 3.8) is 0 Å². The highest BCUT2D eigenvalue weighted by atomic mass is 16.5. The third-order valence-electron chi connectivity index (χ3n) is 4.77. The average molecular weight is 356 g/mol. The lowest BCUT2D eigenvalue weighted by Gasteiger charge is -2.15. The SMILES string of the molecule is COC(=O)c1ccccc1NC(=O)CCN1C(=O)C2CC=CCC2C1=O. The smallest absolute Gasteiger partial charge is 0.339 e. The molecule has 2 unspecified atom stereocenters. The minimum absolute atomic E-state index is 0.0279. The Balaban J connectivity index is 1.61. The Kier molecular flexibility index (Phi) is 5.16. The van der Waals surface area contributed by atoms with Crippen molar-refractivity contribution in [2.75, 3.05) is 19.0 Å². The number of para-hydroxylation sites is 1. The molecular formula is C19H20N2O5. The van der Waals surface area contributed by atoms with E-state index in [1.165, 1.54) is 12.0 Å². The molecule has 7 heteroatoms. The van der Waals surface area contributed by atoms with E-state index in [1.807, 2.05) is 12.2 Å². The quantitative estimate of drug-likeness (QED) is 0.493. The van der Waals surface area contributed by atoms with Crippen LogP contribution in [0.2, 0.25) is 0 Å². The molecule has 1 saturated heterocycles. The van der Waals surface area contributed by atoms with Crippen molar-refractivity contribution in [3.05, 3.63) is 42.0 Å². The Bertz CT molecular complexity index is 760. The number of imide groups is 1. The number of ether oxygens (including phenoxy) is 1. The second-order valence-corrected chi connectivity index (χ2v) is 6.32. The highest BCUT2D eigenvalue weighted by Crippen LogP contribution is 2.35. The number of allylic oxidation sites excluding steroid dienone is 2. The first kappa shape index (κ1) is 17.8. The monoisotopic (exact) mass is 356 g/mol. The summed E-state index contributed by atoms with van der Waals surface area (Å²) >= 11 is 0. The van der Waals surface area contributed by atoms with Gasteiger partial charge in [-0.25, -0.2) is 4.79 Å². The number of benzene rings is 1. The molecule has 0 spiro atoms. The van der Waals surface area contributed by atoms with Crippen LogP contribution in [0.4, 0.5) is 5.69 Å². The molecule has 0 saturated carbocycles. The molecule has 3 amide bonds. The van der Waals surface area contributed by atoms with Gasteiger partial charge in [-0.2, -0.15) is 0 Å². The maximum absolute atomic E-state index is 12.4. The van der Waals surface area contributed by atoms with Crippen LogP contribution in [-0.4, -0.2) is 42.2 Å². The fraction of sp³-hybridized carbons (Fsp3) is 0.368. The molecule has 1 fully saturated rings. The van der Waals surface area contributed by atoms with Gasteiger partial charge in [-0.1, -0.05) is 24.3 Å². The molecule has 1 aromatic carbocycles. The van der Waals surface area contributed by atoms with Crippen LogP contribution < -0.4 is 5.32 Å². The highest BCUT2D eigenvalue weighted by Gasteiger charge is 2.46. The second-order valence-electron chi connectivity index (χ2n) is 6.32. The first-order valence-corrected chi connectivity index (χ1v) is 8.50. The molecule has 0 radical (unpaired) electrons. The number of fused-ring (bicyclic) bond motifs is 1. The molecule has 1 heterocycles. The molecule has 0 bridgehead atoms. The molecule has 1 aliphatic heterocycles. The fourth-order valence-electron chi connectivity index (χ4n) is 3.40. The van der Waals surface area contributed by atoms with Crippen LogP contribution in [0.25, 0.3) is 0 Å². The fourth-order valence-corrected chi connectivity index (χ4v) is 3.40. The van der Waals surface area contributed by atoms with E-state index in [-0.39, 0.29) is 48.1 Å². The van der Waals surface area contributed by atoms with Crippen molar-refractivity contribution in [1.82, 2.24) is 4.90 Å². The topological polar surface area (TPSA) is 92.8 Å². The number of likely N-dealkylation sites (tertiary alicyclic amines) is 1. The van der Waals surface area contributed by atoms with E-state index >= 15 is 0 Å². The van der Waals surface area contributed by atoms with Gasteiger partial charge >= 0.3 is 5.97 Å². The summed E-state index contributed by atoms with van der Waals surface area (Å²) in [5, 5.41) is 2.64. The lowest BCUT2D eigenvalue weighted by Crippen LogP contribution is -2.34. The van der Waals surface area contributed by atoms with Gasteiger partial charge in [0.2, 0.25) is 17.7 Å². The summed E-state index contributed by atoms with van der Waals surface area (Å²) < 4.78 is 4.69. The number of nitrogens with zero attached hydrogens (tertiary/aromatic N) is 1. The number of carbonyl (C=O) groups excluding carboxylic acids is 4. The minimum atomic E-state index is -0.553. The molecule has 3 rings (SSSR count). The third kappa shape index (κ3) is 3.37. The third-order valence-corrected chi connectivity index (χ3v) is 4.77. The summed E-state index contributed by atoms with van der Waals surface area (Å²) in [6, 6.07) is 6.50. The zero-order valence-electron chi connectivity index (χ0n) is 14.4. The summed E-state index contributed by atoms with van der Waals surface area (Å²) in [5.74, 6) is -1.93. The van der Waals surface area contributed by atoms with E-state index in [2.05, 4.69) is 10.1 Å². The van der Waals surface area contributed by atoms with Gasteiger partial charge in [0.15, 0.2) is 0 Å². The maximum Gasteiger partial charge on any atom is 0.339 e. The number of hydrogen-bond acceptors (Lipinski definition) is 5. The van der Waals surface area contributed by atoms with E-state index in [0.29, 0.717) is 18.5 Å².